The third-order valence-electron chi connectivity index (χ3n) is 0. The monoisotopic (exact) mass is 224 g/mol. The standard InChI is InChI=1S/2Na.H3O4P.H3O3P/c;;1-5(2,3)4;1-4(2)3/h;;(H3,1,2,3,4);1-3H/q2*+1;;/p-2. The molecule has 0 rings (SSSR count). The minimum absolute atomic E-state index is 0. The van der Waals surface area contributed by atoms with Gasteiger partial charge in [0, 0.05) is 0 Å². The van der Waals surface area contributed by atoms with Crippen LogP contribution in [-0.4, -0.2) is 19.6 Å². The van der Waals surface area contributed by atoms with Crippen LogP contribution in [0.1, 0.15) is 0 Å². The molecule has 4 N–H and O–H groups in total. The van der Waals surface area contributed by atoms with Crippen LogP contribution in [0, 0.1) is 0 Å². The maximum Gasteiger partial charge on any atom is 1.00 e. The van der Waals surface area contributed by atoms with Gasteiger partial charge in [-0.1, -0.05) is 0 Å². The molecule has 0 atom stereocenters. The first-order valence-electron chi connectivity index (χ1n) is 1.35. The van der Waals surface area contributed by atoms with E-state index in [1.165, 1.54) is 0 Å². The van der Waals surface area contributed by atoms with Crippen LogP contribution in [0.2, 0.25) is 0 Å². The van der Waals surface area contributed by atoms with Crippen LogP contribution in [-0.2, 0) is 4.57 Å². The second-order valence-electron chi connectivity index (χ2n) is 0.737. The van der Waals surface area contributed by atoms with Crippen molar-refractivity contribution >= 4 is 16.4 Å². The molecular formula is H4Na2O7P2. The van der Waals surface area contributed by atoms with Gasteiger partial charge in [0.25, 0.3) is 0 Å². The van der Waals surface area contributed by atoms with E-state index >= 15 is 0 Å². The molecule has 0 saturated carbocycles. The topological polar surface area (TPSA) is 144 Å². The Balaban J connectivity index is -0.0000000383. The SMILES string of the molecule is O=P([O-])([O-])O.OP(O)O.[Na+].[Na+]. The second-order valence-corrected chi connectivity index (χ2v) is 2.21. The van der Waals surface area contributed by atoms with Crippen molar-refractivity contribution in [1.82, 2.24) is 0 Å². The molecule has 0 saturated heterocycles. The number of hydrogen-bond acceptors (Lipinski definition) is 6. The van der Waals surface area contributed by atoms with Crippen LogP contribution in [0.3, 0.4) is 0 Å². The van der Waals surface area contributed by atoms with Crippen molar-refractivity contribution in [1.29, 1.82) is 0 Å². The van der Waals surface area contributed by atoms with E-state index in [0.717, 1.165) is 0 Å². The zero-order chi connectivity index (χ0) is 8.08. The largest absolute Gasteiger partial charge is 1.00 e. The second kappa shape index (κ2) is 12.4. The molecule has 11 heavy (non-hydrogen) atoms. The summed E-state index contributed by atoms with van der Waals surface area (Å²) in [5, 5.41) is 0. The predicted octanol–water partition coefficient (Wildman–Crippen LogP) is -8.99. The minimum Gasteiger partial charge on any atom is -0.790 e. The number of hydrogen-bond donors (Lipinski definition) is 4. The van der Waals surface area contributed by atoms with Gasteiger partial charge in [-0.15, -0.1) is 0 Å². The third-order valence-corrected chi connectivity index (χ3v) is 0. The van der Waals surface area contributed by atoms with Crippen LogP contribution in [0.5, 0.6) is 0 Å². The first-order valence-corrected chi connectivity index (χ1v) is 4.04. The fourth-order valence-electron chi connectivity index (χ4n) is 0. The summed E-state index contributed by atoms with van der Waals surface area (Å²) >= 11 is 0. The smallest absolute Gasteiger partial charge is 0.790 e. The Bertz CT molecular complexity index is 85.6. The molecule has 0 aliphatic rings. The molecule has 0 radical (unpaired) electrons. The van der Waals surface area contributed by atoms with Gasteiger partial charge in [-0.3, -0.25) is 0 Å². The summed E-state index contributed by atoms with van der Waals surface area (Å²) in [5.74, 6) is 0. The van der Waals surface area contributed by atoms with Crippen LogP contribution in [0.25, 0.3) is 0 Å². The molecule has 7 nitrogen and oxygen atoms in total. The Morgan fingerprint density at radius 2 is 1.09 bits per heavy atom. The average Bonchev–Trinajstić information content (AvgIpc) is 1.19. The molecule has 0 aliphatic heterocycles. The molecule has 0 aromatic heterocycles. The summed E-state index contributed by atoms with van der Waals surface area (Å²) in [6, 6.07) is 0. The molecule has 11 heteroatoms. The van der Waals surface area contributed by atoms with Crippen molar-refractivity contribution in [2.24, 2.45) is 0 Å². The van der Waals surface area contributed by atoms with Gasteiger partial charge in [0.1, 0.15) is 0 Å². The molecular weight excluding hydrogens is 220 g/mol. The summed E-state index contributed by atoms with van der Waals surface area (Å²) in [6.07, 6.45) is 0. The Hall–Kier alpha value is 2.42. The predicted molar refractivity (Wildman–Crippen MR) is 23.4 cm³/mol. The zero-order valence-electron chi connectivity index (χ0n) is 5.91. The van der Waals surface area contributed by atoms with Gasteiger partial charge >= 0.3 is 67.7 Å². The van der Waals surface area contributed by atoms with E-state index in [9.17, 15) is 0 Å². The van der Waals surface area contributed by atoms with E-state index in [0.29, 0.717) is 0 Å². The molecule has 0 amide bonds. The Morgan fingerprint density at radius 1 is 1.09 bits per heavy atom. The molecule has 58 valence electrons. The molecule has 0 heterocycles. The minimum atomic E-state index is -5.14. The first-order chi connectivity index (χ1) is 3.73. The van der Waals surface area contributed by atoms with Gasteiger partial charge in [-0.2, -0.15) is 0 Å². The third kappa shape index (κ3) is 230. The van der Waals surface area contributed by atoms with E-state index < -0.39 is 16.4 Å². The summed E-state index contributed by atoms with van der Waals surface area (Å²) in [7, 11) is -7.76. The fraction of sp³-hybridized carbons (Fsp3) is 0. The van der Waals surface area contributed by atoms with Crippen molar-refractivity contribution in [2.45, 2.75) is 0 Å². The van der Waals surface area contributed by atoms with E-state index in [1.807, 2.05) is 0 Å². The Morgan fingerprint density at radius 3 is 1.09 bits per heavy atom. The first kappa shape index (κ1) is 23.3. The Kier molecular flexibility index (Phi) is 26.3. The van der Waals surface area contributed by atoms with Gasteiger partial charge in [-0.05, 0) is 0 Å². The summed E-state index contributed by atoms with van der Waals surface area (Å²) in [6.45, 7) is 0. The molecule has 0 fully saturated rings. The van der Waals surface area contributed by atoms with Crippen LogP contribution < -0.4 is 68.9 Å². The Labute approximate surface area is 108 Å². The van der Waals surface area contributed by atoms with Gasteiger partial charge in [-0.25, -0.2) is 0 Å². The zero-order valence-corrected chi connectivity index (χ0v) is 11.7. The fourth-order valence-corrected chi connectivity index (χ4v) is 0. The van der Waals surface area contributed by atoms with Crippen LogP contribution in [0.15, 0.2) is 0 Å². The maximum atomic E-state index is 8.66. The molecule has 0 aliphatic carbocycles. The van der Waals surface area contributed by atoms with Gasteiger partial charge in [0.05, 0.1) is 7.82 Å². The summed E-state index contributed by atoms with van der Waals surface area (Å²) < 4.78 is 8.66. The number of rotatable bonds is 0. The van der Waals surface area contributed by atoms with E-state index in [4.69, 9.17) is 33.9 Å². The number of phosphoric acid groups is 1. The van der Waals surface area contributed by atoms with Crippen LogP contribution >= 0.6 is 16.4 Å². The molecule has 0 aromatic rings. The van der Waals surface area contributed by atoms with E-state index in [2.05, 4.69) is 0 Å². The maximum absolute atomic E-state index is 8.66. The van der Waals surface area contributed by atoms with Gasteiger partial charge < -0.3 is 33.9 Å². The quantitative estimate of drug-likeness (QED) is 0.236. The van der Waals surface area contributed by atoms with Crippen molar-refractivity contribution in [3.63, 3.8) is 0 Å². The van der Waals surface area contributed by atoms with Gasteiger partial charge in [0.2, 0.25) is 0 Å². The molecule has 0 aromatic carbocycles. The summed E-state index contributed by atoms with van der Waals surface area (Å²) in [5.41, 5.74) is 0. The molecule has 0 bridgehead atoms. The van der Waals surface area contributed by atoms with Crippen molar-refractivity contribution < 1.29 is 93.0 Å². The van der Waals surface area contributed by atoms with Crippen molar-refractivity contribution in [3.8, 4) is 0 Å². The molecule has 0 unspecified atom stereocenters. The van der Waals surface area contributed by atoms with E-state index in [1.54, 1.807) is 0 Å². The normalized spacial score (nSPS) is 8.64. The van der Waals surface area contributed by atoms with Gasteiger partial charge in [0.15, 0.2) is 0 Å². The van der Waals surface area contributed by atoms with Crippen LogP contribution in [0.4, 0.5) is 0 Å². The molecule has 0 spiro atoms. The van der Waals surface area contributed by atoms with Crippen molar-refractivity contribution in [2.75, 3.05) is 0 Å². The van der Waals surface area contributed by atoms with Crippen molar-refractivity contribution in [3.05, 3.63) is 0 Å². The van der Waals surface area contributed by atoms with E-state index in [-0.39, 0.29) is 59.1 Å². The average molecular weight is 224 g/mol. The summed E-state index contributed by atoms with van der Waals surface area (Å²) in [4.78, 5) is 46.0.